The smallest absolute Gasteiger partial charge is 0.225 e. The van der Waals surface area contributed by atoms with Crippen molar-refractivity contribution in [1.82, 2.24) is 10.3 Å². The van der Waals surface area contributed by atoms with Crippen LogP contribution in [0.5, 0.6) is 0 Å². The number of oxazole rings is 1. The molecule has 0 saturated carbocycles. The summed E-state index contributed by atoms with van der Waals surface area (Å²) in [7, 11) is 0. The number of para-hydroxylation sites is 2. The number of carbonyl (C=O) groups is 1. The minimum atomic E-state index is -0.241. The van der Waals surface area contributed by atoms with Crippen molar-refractivity contribution in [3.63, 3.8) is 0 Å². The van der Waals surface area contributed by atoms with Gasteiger partial charge in [0, 0.05) is 0 Å². The minimum absolute atomic E-state index is 0.0238. The summed E-state index contributed by atoms with van der Waals surface area (Å²) in [6.45, 7) is 4.26. The molecule has 0 radical (unpaired) electrons. The van der Waals surface area contributed by atoms with Crippen molar-refractivity contribution in [3.8, 4) is 0 Å². The maximum atomic E-state index is 12.9. The number of rotatable bonds is 6. The van der Waals surface area contributed by atoms with Crippen LogP contribution >= 0.6 is 0 Å². The maximum absolute atomic E-state index is 12.9. The molecule has 1 amide bonds. The first-order valence-electron chi connectivity index (χ1n) is 9.71. The molecule has 0 unspecified atom stereocenters. The van der Waals surface area contributed by atoms with Gasteiger partial charge in [0.25, 0.3) is 0 Å². The number of hydrogen-bond acceptors (Lipinski definition) is 3. The minimum Gasteiger partial charge on any atom is -0.438 e. The van der Waals surface area contributed by atoms with Crippen LogP contribution in [0.3, 0.4) is 0 Å². The van der Waals surface area contributed by atoms with Crippen molar-refractivity contribution in [2.24, 2.45) is 5.92 Å². The molecule has 142 valence electrons. The molecule has 0 aliphatic rings. The van der Waals surface area contributed by atoms with Gasteiger partial charge in [0.1, 0.15) is 11.6 Å². The molecular formula is C24H24N2O2. The third-order valence-corrected chi connectivity index (χ3v) is 4.88. The molecule has 0 saturated heterocycles. The molecule has 0 spiro atoms. The van der Waals surface area contributed by atoms with Crippen LogP contribution in [0.2, 0.25) is 0 Å². The van der Waals surface area contributed by atoms with E-state index in [1.807, 2.05) is 48.5 Å². The molecule has 4 nitrogen and oxygen atoms in total. The van der Waals surface area contributed by atoms with Crippen LogP contribution in [0.25, 0.3) is 21.9 Å². The highest BCUT2D eigenvalue weighted by atomic mass is 16.3. The molecule has 1 aromatic heterocycles. The van der Waals surface area contributed by atoms with Crippen LogP contribution in [-0.2, 0) is 11.2 Å². The summed E-state index contributed by atoms with van der Waals surface area (Å²) in [4.78, 5) is 17.5. The van der Waals surface area contributed by atoms with Crippen molar-refractivity contribution < 1.29 is 9.21 Å². The van der Waals surface area contributed by atoms with Crippen molar-refractivity contribution >= 4 is 27.8 Å². The van der Waals surface area contributed by atoms with Crippen LogP contribution in [-0.4, -0.2) is 10.9 Å². The standard InChI is InChI=1S/C24H24N2O2/c1-16(2)14-21(24-26-20-12-5-6-13-22(20)28-24)25-23(27)15-18-10-7-9-17-8-3-4-11-19(17)18/h3-13,16,21H,14-15H2,1-2H3,(H,25,27)/t21-/m1/s1. The van der Waals surface area contributed by atoms with Gasteiger partial charge < -0.3 is 9.73 Å². The number of amides is 1. The van der Waals surface area contributed by atoms with Crippen molar-refractivity contribution in [3.05, 3.63) is 78.2 Å². The Balaban J connectivity index is 1.57. The zero-order chi connectivity index (χ0) is 19.5. The Morgan fingerprint density at radius 1 is 1.00 bits per heavy atom. The first kappa shape index (κ1) is 18.2. The van der Waals surface area contributed by atoms with E-state index in [4.69, 9.17) is 4.42 Å². The summed E-state index contributed by atoms with van der Waals surface area (Å²) >= 11 is 0. The van der Waals surface area contributed by atoms with E-state index in [1.54, 1.807) is 0 Å². The van der Waals surface area contributed by atoms with E-state index >= 15 is 0 Å². The number of fused-ring (bicyclic) bond motifs is 2. The Kier molecular flexibility index (Phi) is 5.11. The normalized spacial score (nSPS) is 12.5. The van der Waals surface area contributed by atoms with Crippen molar-refractivity contribution in [2.45, 2.75) is 32.7 Å². The van der Waals surface area contributed by atoms with E-state index in [9.17, 15) is 4.79 Å². The average Bonchev–Trinajstić information content (AvgIpc) is 3.12. The number of carbonyl (C=O) groups excluding carboxylic acids is 1. The van der Waals surface area contributed by atoms with Crippen molar-refractivity contribution in [1.29, 1.82) is 0 Å². The van der Waals surface area contributed by atoms with Gasteiger partial charge in [-0.05, 0) is 40.8 Å². The Morgan fingerprint density at radius 3 is 2.57 bits per heavy atom. The van der Waals surface area contributed by atoms with E-state index < -0.39 is 0 Å². The highest BCUT2D eigenvalue weighted by Crippen LogP contribution is 2.25. The largest absolute Gasteiger partial charge is 0.438 e. The second-order valence-corrected chi connectivity index (χ2v) is 7.58. The first-order chi connectivity index (χ1) is 13.6. The van der Waals surface area contributed by atoms with Crippen LogP contribution < -0.4 is 5.32 Å². The fourth-order valence-electron chi connectivity index (χ4n) is 3.60. The molecule has 4 rings (SSSR count). The van der Waals surface area contributed by atoms with Crippen LogP contribution in [0.15, 0.2) is 71.1 Å². The molecule has 0 aliphatic heterocycles. The van der Waals surface area contributed by atoms with Gasteiger partial charge in [-0.25, -0.2) is 4.98 Å². The summed E-state index contributed by atoms with van der Waals surface area (Å²) in [6.07, 6.45) is 1.10. The second kappa shape index (κ2) is 7.85. The Hall–Kier alpha value is -3.14. The summed E-state index contributed by atoms with van der Waals surface area (Å²) in [6, 6.07) is 21.7. The van der Waals surface area contributed by atoms with Gasteiger partial charge in [0.15, 0.2) is 5.58 Å². The van der Waals surface area contributed by atoms with E-state index in [0.717, 1.165) is 33.9 Å². The topological polar surface area (TPSA) is 55.1 Å². The highest BCUT2D eigenvalue weighted by molar-refractivity contribution is 5.90. The van der Waals surface area contributed by atoms with Crippen LogP contribution in [0.4, 0.5) is 0 Å². The van der Waals surface area contributed by atoms with Gasteiger partial charge in [-0.1, -0.05) is 68.4 Å². The predicted molar refractivity (Wildman–Crippen MR) is 112 cm³/mol. The summed E-state index contributed by atoms with van der Waals surface area (Å²) in [5.41, 5.74) is 2.58. The second-order valence-electron chi connectivity index (χ2n) is 7.58. The average molecular weight is 372 g/mol. The lowest BCUT2D eigenvalue weighted by Gasteiger charge is -2.18. The Labute approximate surface area is 164 Å². The SMILES string of the molecule is CC(C)C[C@@H](NC(=O)Cc1cccc2ccccc12)c1nc2ccccc2o1. The summed E-state index contributed by atoms with van der Waals surface area (Å²) in [5, 5.41) is 5.40. The molecule has 0 aliphatic carbocycles. The maximum Gasteiger partial charge on any atom is 0.225 e. The van der Waals surface area contributed by atoms with Crippen molar-refractivity contribution in [2.75, 3.05) is 0 Å². The number of aromatic nitrogens is 1. The number of nitrogens with zero attached hydrogens (tertiary/aromatic N) is 1. The van der Waals surface area contributed by atoms with Gasteiger partial charge in [0.05, 0.1) is 6.42 Å². The zero-order valence-electron chi connectivity index (χ0n) is 16.2. The molecule has 4 aromatic rings. The van der Waals surface area contributed by atoms with E-state index in [2.05, 4.69) is 42.3 Å². The quantitative estimate of drug-likeness (QED) is 0.491. The number of hydrogen-bond donors (Lipinski definition) is 1. The molecule has 1 atom stereocenters. The molecule has 4 heteroatoms. The molecule has 28 heavy (non-hydrogen) atoms. The van der Waals surface area contributed by atoms with Crippen LogP contribution in [0, 0.1) is 5.92 Å². The lowest BCUT2D eigenvalue weighted by atomic mass is 10.0. The van der Waals surface area contributed by atoms with E-state index in [-0.39, 0.29) is 11.9 Å². The van der Waals surface area contributed by atoms with Gasteiger partial charge in [-0.15, -0.1) is 0 Å². The van der Waals surface area contributed by atoms with Gasteiger partial charge >= 0.3 is 0 Å². The molecule has 0 fully saturated rings. The number of nitrogens with one attached hydrogen (secondary N) is 1. The highest BCUT2D eigenvalue weighted by Gasteiger charge is 2.22. The van der Waals surface area contributed by atoms with E-state index in [1.165, 1.54) is 0 Å². The fourth-order valence-corrected chi connectivity index (χ4v) is 3.60. The molecule has 1 heterocycles. The van der Waals surface area contributed by atoms with Crippen LogP contribution in [0.1, 0.15) is 37.8 Å². The molecular weight excluding hydrogens is 348 g/mol. The summed E-state index contributed by atoms with van der Waals surface area (Å²) < 4.78 is 5.93. The lowest BCUT2D eigenvalue weighted by molar-refractivity contribution is -0.121. The van der Waals surface area contributed by atoms with Gasteiger partial charge in [-0.3, -0.25) is 4.79 Å². The van der Waals surface area contributed by atoms with Gasteiger partial charge in [0.2, 0.25) is 11.8 Å². The third-order valence-electron chi connectivity index (χ3n) is 4.88. The number of benzene rings is 3. The van der Waals surface area contributed by atoms with Gasteiger partial charge in [-0.2, -0.15) is 0 Å². The lowest BCUT2D eigenvalue weighted by Crippen LogP contribution is -2.31. The Morgan fingerprint density at radius 2 is 1.75 bits per heavy atom. The summed E-state index contributed by atoms with van der Waals surface area (Å²) in [5.74, 6) is 0.947. The third kappa shape index (κ3) is 3.91. The predicted octanol–water partition coefficient (Wildman–Crippen LogP) is 5.43. The molecule has 1 N–H and O–H groups in total. The zero-order valence-corrected chi connectivity index (χ0v) is 16.2. The Bertz CT molecular complexity index is 1080. The molecule has 0 bridgehead atoms. The van der Waals surface area contributed by atoms with E-state index in [0.29, 0.717) is 18.2 Å². The first-order valence-corrected chi connectivity index (χ1v) is 9.71. The fraction of sp³-hybridized carbons (Fsp3) is 0.250. The monoisotopic (exact) mass is 372 g/mol. The molecule has 3 aromatic carbocycles.